The molecule has 0 radical (unpaired) electrons. The Morgan fingerprint density at radius 2 is 1.62 bits per heavy atom. The first-order valence-electron chi connectivity index (χ1n) is 8.10. The normalized spacial score (nSPS) is 9.96. The maximum Gasteiger partial charge on any atom is 0.276 e. The van der Waals surface area contributed by atoms with Crippen molar-refractivity contribution in [2.45, 2.75) is 13.3 Å². The van der Waals surface area contributed by atoms with E-state index >= 15 is 0 Å². The van der Waals surface area contributed by atoms with Crippen LogP contribution in [0.4, 0.5) is 0 Å². The Kier molecular flexibility index (Phi) is 6.84. The fraction of sp³-hybridized carbons (Fsp3) is 0.263. The van der Waals surface area contributed by atoms with E-state index in [1.807, 2.05) is 12.1 Å². The molecule has 0 atom stereocenters. The summed E-state index contributed by atoms with van der Waals surface area (Å²) in [6.45, 7) is 1.85. The highest BCUT2D eigenvalue weighted by atomic mass is 16.5. The lowest BCUT2D eigenvalue weighted by Crippen LogP contribution is -2.43. The molecule has 7 nitrogen and oxygen atoms in total. The zero-order valence-electron chi connectivity index (χ0n) is 15.0. The number of rotatable bonds is 7. The van der Waals surface area contributed by atoms with E-state index in [9.17, 15) is 9.59 Å². The number of nitrogens with one attached hydrogen (secondary N) is 2. The van der Waals surface area contributed by atoms with Crippen LogP contribution in [-0.4, -0.2) is 32.6 Å². The molecule has 0 heterocycles. The first-order chi connectivity index (χ1) is 12.6. The second-order valence-electron chi connectivity index (χ2n) is 5.36. The summed E-state index contributed by atoms with van der Waals surface area (Å²) >= 11 is 0. The van der Waals surface area contributed by atoms with E-state index in [-0.39, 0.29) is 6.61 Å². The molecule has 2 amide bonds. The molecule has 0 saturated heterocycles. The Hall–Kier alpha value is -3.22. The van der Waals surface area contributed by atoms with Crippen LogP contribution in [0.2, 0.25) is 0 Å². The van der Waals surface area contributed by atoms with Gasteiger partial charge in [0.1, 0.15) is 5.75 Å². The molecule has 7 heteroatoms. The van der Waals surface area contributed by atoms with Crippen molar-refractivity contribution >= 4 is 11.8 Å². The van der Waals surface area contributed by atoms with E-state index in [0.29, 0.717) is 22.8 Å². The Morgan fingerprint density at radius 3 is 2.23 bits per heavy atom. The van der Waals surface area contributed by atoms with Crippen LogP contribution in [0.15, 0.2) is 42.5 Å². The average Bonchev–Trinajstić information content (AvgIpc) is 2.70. The third kappa shape index (κ3) is 5.14. The molecule has 0 bridgehead atoms. The number of hydrogen-bond acceptors (Lipinski definition) is 5. The summed E-state index contributed by atoms with van der Waals surface area (Å²) in [5.74, 6) is 0.564. The lowest BCUT2D eigenvalue weighted by atomic mass is 10.2. The SMILES string of the molecule is CCc1ccc(OCC(=O)NNC(=O)c2ccc(OC)c(OC)c2)cc1. The molecule has 2 aromatic rings. The monoisotopic (exact) mass is 358 g/mol. The maximum absolute atomic E-state index is 12.1. The van der Waals surface area contributed by atoms with Gasteiger partial charge in [-0.3, -0.25) is 20.4 Å². The number of amides is 2. The van der Waals surface area contributed by atoms with Crippen molar-refractivity contribution in [3.8, 4) is 17.2 Å². The summed E-state index contributed by atoms with van der Waals surface area (Å²) in [5.41, 5.74) is 6.13. The van der Waals surface area contributed by atoms with Gasteiger partial charge in [-0.15, -0.1) is 0 Å². The molecule has 0 aliphatic carbocycles. The summed E-state index contributed by atoms with van der Waals surface area (Å²) in [7, 11) is 2.99. The van der Waals surface area contributed by atoms with Gasteiger partial charge < -0.3 is 14.2 Å². The maximum atomic E-state index is 12.1. The third-order valence-corrected chi connectivity index (χ3v) is 3.66. The van der Waals surface area contributed by atoms with Gasteiger partial charge in [0.2, 0.25) is 0 Å². The van der Waals surface area contributed by atoms with Gasteiger partial charge in [-0.25, -0.2) is 0 Å². The molecular weight excluding hydrogens is 336 g/mol. The molecule has 0 aliphatic heterocycles. The number of ether oxygens (including phenoxy) is 3. The van der Waals surface area contributed by atoms with E-state index in [1.54, 1.807) is 24.3 Å². The highest BCUT2D eigenvalue weighted by Crippen LogP contribution is 2.27. The Balaban J connectivity index is 1.83. The molecular formula is C19H22N2O5. The minimum Gasteiger partial charge on any atom is -0.493 e. The van der Waals surface area contributed by atoms with Gasteiger partial charge in [0.25, 0.3) is 11.8 Å². The second-order valence-corrected chi connectivity index (χ2v) is 5.36. The van der Waals surface area contributed by atoms with Gasteiger partial charge in [0, 0.05) is 5.56 Å². The van der Waals surface area contributed by atoms with E-state index in [1.165, 1.54) is 25.8 Å². The number of methoxy groups -OCH3 is 2. The van der Waals surface area contributed by atoms with Crippen molar-refractivity contribution in [2.75, 3.05) is 20.8 Å². The fourth-order valence-electron chi connectivity index (χ4n) is 2.18. The van der Waals surface area contributed by atoms with Crippen molar-refractivity contribution in [1.29, 1.82) is 0 Å². The van der Waals surface area contributed by atoms with Gasteiger partial charge in [-0.1, -0.05) is 19.1 Å². The standard InChI is InChI=1S/C19H22N2O5/c1-4-13-5-8-15(9-6-13)26-12-18(22)20-21-19(23)14-7-10-16(24-2)17(11-14)25-3/h5-11H,4,12H2,1-3H3,(H,20,22)(H,21,23). The molecule has 0 aromatic heterocycles. The van der Waals surface area contributed by atoms with Gasteiger partial charge in [-0.2, -0.15) is 0 Å². The minimum absolute atomic E-state index is 0.211. The number of hydrazine groups is 1. The molecule has 2 rings (SSSR count). The highest BCUT2D eigenvalue weighted by Gasteiger charge is 2.12. The molecule has 2 N–H and O–H groups in total. The van der Waals surface area contributed by atoms with E-state index < -0.39 is 11.8 Å². The van der Waals surface area contributed by atoms with E-state index in [4.69, 9.17) is 14.2 Å². The van der Waals surface area contributed by atoms with E-state index in [2.05, 4.69) is 17.8 Å². The summed E-state index contributed by atoms with van der Waals surface area (Å²) in [6.07, 6.45) is 0.933. The number of carbonyl (C=O) groups excluding carboxylic acids is 2. The molecule has 2 aromatic carbocycles. The largest absolute Gasteiger partial charge is 0.493 e. The molecule has 0 unspecified atom stereocenters. The number of carbonyl (C=O) groups is 2. The van der Waals surface area contributed by atoms with Crippen LogP contribution in [0.5, 0.6) is 17.2 Å². The van der Waals surface area contributed by atoms with Crippen LogP contribution in [0.25, 0.3) is 0 Å². The van der Waals surface area contributed by atoms with Crippen LogP contribution < -0.4 is 25.1 Å². The molecule has 0 aliphatic rings. The van der Waals surface area contributed by atoms with E-state index in [0.717, 1.165) is 6.42 Å². The highest BCUT2D eigenvalue weighted by molar-refractivity contribution is 5.96. The van der Waals surface area contributed by atoms with Crippen molar-refractivity contribution in [2.24, 2.45) is 0 Å². The summed E-state index contributed by atoms with van der Waals surface area (Å²) in [6, 6.07) is 12.2. The fourth-order valence-corrected chi connectivity index (χ4v) is 2.18. The Labute approximate surface area is 152 Å². The minimum atomic E-state index is -0.480. The summed E-state index contributed by atoms with van der Waals surface area (Å²) in [4.78, 5) is 23.9. The summed E-state index contributed by atoms with van der Waals surface area (Å²) < 4.78 is 15.6. The van der Waals surface area contributed by atoms with Gasteiger partial charge in [0.05, 0.1) is 14.2 Å². The first-order valence-corrected chi connectivity index (χ1v) is 8.10. The topological polar surface area (TPSA) is 85.9 Å². The first kappa shape index (κ1) is 19.1. The lowest BCUT2D eigenvalue weighted by Gasteiger charge is -2.11. The van der Waals surface area contributed by atoms with Crippen LogP contribution in [-0.2, 0) is 11.2 Å². The Morgan fingerprint density at radius 1 is 0.923 bits per heavy atom. The predicted molar refractivity (Wildman–Crippen MR) is 96.5 cm³/mol. The molecule has 138 valence electrons. The van der Waals surface area contributed by atoms with Gasteiger partial charge >= 0.3 is 0 Å². The quantitative estimate of drug-likeness (QED) is 0.741. The van der Waals surface area contributed by atoms with Gasteiger partial charge in [0.15, 0.2) is 18.1 Å². The molecule has 0 saturated carbocycles. The van der Waals surface area contributed by atoms with Crippen LogP contribution >= 0.6 is 0 Å². The predicted octanol–water partition coefficient (Wildman–Crippen LogP) is 2.11. The number of aryl methyl sites for hydroxylation is 1. The van der Waals surface area contributed by atoms with Crippen molar-refractivity contribution in [3.63, 3.8) is 0 Å². The third-order valence-electron chi connectivity index (χ3n) is 3.66. The molecule has 26 heavy (non-hydrogen) atoms. The second kappa shape index (κ2) is 9.31. The van der Waals surface area contributed by atoms with Crippen LogP contribution in [0.3, 0.4) is 0 Å². The smallest absolute Gasteiger partial charge is 0.276 e. The average molecular weight is 358 g/mol. The zero-order chi connectivity index (χ0) is 18.9. The number of benzene rings is 2. The lowest BCUT2D eigenvalue weighted by molar-refractivity contribution is -0.123. The summed E-state index contributed by atoms with van der Waals surface area (Å²) in [5, 5.41) is 0. The molecule has 0 fully saturated rings. The Bertz CT molecular complexity index is 759. The van der Waals surface area contributed by atoms with Crippen molar-refractivity contribution < 1.29 is 23.8 Å². The molecule has 0 spiro atoms. The van der Waals surface area contributed by atoms with Crippen molar-refractivity contribution in [3.05, 3.63) is 53.6 Å². The zero-order valence-corrected chi connectivity index (χ0v) is 15.0. The van der Waals surface area contributed by atoms with Gasteiger partial charge in [-0.05, 0) is 42.3 Å². The van der Waals surface area contributed by atoms with Crippen molar-refractivity contribution in [1.82, 2.24) is 10.9 Å². The number of hydrogen-bond donors (Lipinski definition) is 2. The van der Waals surface area contributed by atoms with Crippen LogP contribution in [0, 0.1) is 0 Å². The van der Waals surface area contributed by atoms with Crippen LogP contribution in [0.1, 0.15) is 22.8 Å².